The van der Waals surface area contributed by atoms with Gasteiger partial charge in [0.25, 0.3) is 0 Å². The molecular weight excluding hydrogens is 434 g/mol. The lowest BCUT2D eigenvalue weighted by atomic mass is 9.98. The molecule has 0 atom stereocenters. The second-order valence-corrected chi connectivity index (χ2v) is 9.01. The van der Waals surface area contributed by atoms with Crippen molar-refractivity contribution in [2.24, 2.45) is 0 Å². The molecule has 3 aromatic rings. The molecule has 4 rings (SSSR count). The van der Waals surface area contributed by atoms with E-state index in [0.29, 0.717) is 28.4 Å². The topological polar surface area (TPSA) is 117 Å². The minimum atomic E-state index is -0.291. The number of nitrogens with two attached hydrogens (primary N) is 1. The van der Waals surface area contributed by atoms with Crippen LogP contribution >= 0.6 is 12.0 Å². The third-order valence-corrected chi connectivity index (χ3v) is 6.00. The van der Waals surface area contributed by atoms with Gasteiger partial charge >= 0.3 is 0 Å². The highest BCUT2D eigenvalue weighted by atomic mass is 32.2. The summed E-state index contributed by atoms with van der Waals surface area (Å²) in [6.07, 6.45) is 3.48. The fourth-order valence-corrected chi connectivity index (χ4v) is 3.90. The van der Waals surface area contributed by atoms with E-state index in [1.165, 1.54) is 0 Å². The Kier molecular flexibility index (Phi) is 6.54. The molecule has 1 aliphatic carbocycles. The molecule has 33 heavy (non-hydrogen) atoms. The molecule has 168 valence electrons. The lowest BCUT2D eigenvalue weighted by molar-refractivity contribution is 0.242. The Morgan fingerprint density at radius 2 is 1.94 bits per heavy atom. The van der Waals surface area contributed by atoms with Crippen molar-refractivity contribution < 1.29 is 9.02 Å². The summed E-state index contributed by atoms with van der Waals surface area (Å²) in [5.74, 6) is 1.13. The van der Waals surface area contributed by atoms with Crippen LogP contribution in [0.3, 0.4) is 0 Å². The molecule has 1 aromatic heterocycles. The number of rotatable bonds is 9. The Labute approximate surface area is 197 Å². The zero-order valence-electron chi connectivity index (χ0n) is 18.5. The van der Waals surface area contributed by atoms with Gasteiger partial charge < -0.3 is 10.5 Å². The van der Waals surface area contributed by atoms with E-state index >= 15 is 0 Å². The van der Waals surface area contributed by atoms with Crippen LogP contribution in [0.4, 0.5) is 11.5 Å². The van der Waals surface area contributed by atoms with E-state index in [0.717, 1.165) is 35.3 Å². The quantitative estimate of drug-likeness (QED) is 0.168. The van der Waals surface area contributed by atoms with Crippen molar-refractivity contribution in [1.29, 1.82) is 10.7 Å². The lowest BCUT2D eigenvalue weighted by Gasteiger charge is -2.14. The summed E-state index contributed by atoms with van der Waals surface area (Å²) in [4.78, 5) is 5.16. The third kappa shape index (κ3) is 5.28. The van der Waals surface area contributed by atoms with Crippen LogP contribution in [0.2, 0.25) is 0 Å². The first kappa shape index (κ1) is 22.6. The number of anilines is 2. The van der Waals surface area contributed by atoms with Crippen LogP contribution in [0, 0.1) is 16.7 Å². The molecule has 0 amide bonds. The Hall–Kier alpha value is -3.54. The van der Waals surface area contributed by atoms with Gasteiger partial charge in [0, 0.05) is 27.9 Å². The van der Waals surface area contributed by atoms with E-state index < -0.39 is 0 Å². The standard InChI is InChI=1S/C25H25N5O2S/c1-16(2)31-19-5-8-22(27)21(14-19)24(28)17-9-12-29-23(13-17)30-32-33-20-6-3-18(4-7-20)25(15-26)10-11-25/h3-9,12-14,16,28H,10-11,27H2,1-2H3,(H,29,30). The Bertz CT molecular complexity index is 1200. The van der Waals surface area contributed by atoms with Crippen LogP contribution in [-0.2, 0) is 9.70 Å². The van der Waals surface area contributed by atoms with Crippen molar-refractivity contribution in [3.05, 3.63) is 77.5 Å². The van der Waals surface area contributed by atoms with Gasteiger partial charge in [-0.25, -0.2) is 10.5 Å². The number of nitrogens with zero attached hydrogens (tertiary/aromatic N) is 2. The number of benzene rings is 2. The molecule has 0 radical (unpaired) electrons. The predicted molar refractivity (Wildman–Crippen MR) is 130 cm³/mol. The van der Waals surface area contributed by atoms with Gasteiger partial charge in [0.05, 0.1) is 35.3 Å². The van der Waals surface area contributed by atoms with Crippen LogP contribution in [0.5, 0.6) is 5.75 Å². The van der Waals surface area contributed by atoms with Gasteiger partial charge in [-0.15, -0.1) is 0 Å². The molecule has 1 saturated carbocycles. The van der Waals surface area contributed by atoms with E-state index in [2.05, 4.69) is 16.5 Å². The van der Waals surface area contributed by atoms with E-state index in [1.807, 2.05) is 38.1 Å². The van der Waals surface area contributed by atoms with Crippen LogP contribution in [-0.4, -0.2) is 16.8 Å². The first-order valence-corrected chi connectivity index (χ1v) is 11.4. The predicted octanol–water partition coefficient (Wildman–Crippen LogP) is 5.47. The second-order valence-electron chi connectivity index (χ2n) is 8.21. The van der Waals surface area contributed by atoms with E-state index in [-0.39, 0.29) is 17.2 Å². The van der Waals surface area contributed by atoms with Crippen molar-refractivity contribution in [1.82, 2.24) is 4.98 Å². The number of nitriles is 1. The molecule has 4 N–H and O–H groups in total. The van der Waals surface area contributed by atoms with Crippen LogP contribution in [0.15, 0.2) is 65.7 Å². The smallest absolute Gasteiger partial charge is 0.151 e. The highest BCUT2D eigenvalue weighted by molar-refractivity contribution is 7.94. The highest BCUT2D eigenvalue weighted by Gasteiger charge is 2.44. The Morgan fingerprint density at radius 1 is 1.18 bits per heavy atom. The second kappa shape index (κ2) is 9.53. The van der Waals surface area contributed by atoms with Gasteiger partial charge in [0.15, 0.2) is 5.82 Å². The Balaban J connectivity index is 1.39. The monoisotopic (exact) mass is 459 g/mol. The largest absolute Gasteiger partial charge is 0.491 e. The molecule has 8 heteroatoms. The average Bonchev–Trinajstić information content (AvgIpc) is 3.62. The minimum absolute atomic E-state index is 0.0272. The highest BCUT2D eigenvalue weighted by Crippen LogP contribution is 2.47. The maximum absolute atomic E-state index is 9.32. The SMILES string of the molecule is CC(C)Oc1ccc(N)c(C(=N)c2ccnc(NOSc3ccc(C4(C#N)CC4)cc3)c2)c1. The first-order chi connectivity index (χ1) is 15.9. The third-order valence-electron chi connectivity index (χ3n) is 5.37. The number of hydrogen-bond acceptors (Lipinski definition) is 8. The molecule has 1 aliphatic rings. The molecule has 1 fully saturated rings. The normalized spacial score (nSPS) is 13.9. The van der Waals surface area contributed by atoms with Gasteiger partial charge in [-0.05, 0) is 74.7 Å². The summed E-state index contributed by atoms with van der Waals surface area (Å²) in [6, 6.07) is 19.0. The Morgan fingerprint density at radius 3 is 2.61 bits per heavy atom. The fourth-order valence-electron chi connectivity index (χ4n) is 3.43. The summed E-state index contributed by atoms with van der Waals surface area (Å²) in [6.45, 7) is 3.90. The fraction of sp³-hybridized carbons (Fsp3) is 0.240. The van der Waals surface area contributed by atoms with Gasteiger partial charge in [-0.1, -0.05) is 12.1 Å². The van der Waals surface area contributed by atoms with E-state index in [4.69, 9.17) is 20.2 Å². The van der Waals surface area contributed by atoms with Gasteiger partial charge in [0.1, 0.15) is 5.75 Å². The molecule has 1 heterocycles. The average molecular weight is 460 g/mol. The maximum Gasteiger partial charge on any atom is 0.151 e. The zero-order valence-corrected chi connectivity index (χ0v) is 19.3. The van der Waals surface area contributed by atoms with Crippen molar-refractivity contribution in [2.75, 3.05) is 11.2 Å². The number of pyridine rings is 1. The summed E-state index contributed by atoms with van der Waals surface area (Å²) in [5.41, 5.74) is 11.7. The number of nitrogens with one attached hydrogen (secondary N) is 2. The van der Waals surface area contributed by atoms with E-state index in [9.17, 15) is 5.26 Å². The van der Waals surface area contributed by atoms with Crippen LogP contribution in [0.25, 0.3) is 0 Å². The first-order valence-electron chi connectivity index (χ1n) is 10.6. The molecule has 7 nitrogen and oxygen atoms in total. The molecule has 0 unspecified atom stereocenters. The molecule has 0 bridgehead atoms. The molecule has 0 saturated heterocycles. The molecular formula is C25H25N5O2S. The summed E-state index contributed by atoms with van der Waals surface area (Å²) in [5, 5.41) is 17.9. The lowest BCUT2D eigenvalue weighted by Crippen LogP contribution is -2.10. The van der Waals surface area contributed by atoms with Gasteiger partial charge in [-0.2, -0.15) is 9.55 Å². The summed E-state index contributed by atoms with van der Waals surface area (Å²) < 4.78 is 11.3. The molecule has 2 aromatic carbocycles. The number of nitrogen functional groups attached to an aromatic ring is 1. The van der Waals surface area contributed by atoms with Crippen molar-refractivity contribution in [2.45, 2.75) is 43.1 Å². The van der Waals surface area contributed by atoms with Gasteiger partial charge in [-0.3, -0.25) is 5.41 Å². The summed E-state index contributed by atoms with van der Waals surface area (Å²) >= 11 is 1.16. The van der Waals surface area contributed by atoms with E-state index in [1.54, 1.807) is 36.5 Å². The zero-order chi connectivity index (χ0) is 23.4. The minimum Gasteiger partial charge on any atom is -0.491 e. The van der Waals surface area contributed by atoms with Crippen LogP contribution in [0.1, 0.15) is 43.4 Å². The molecule has 0 spiro atoms. The van der Waals surface area contributed by atoms with Gasteiger partial charge in [0.2, 0.25) is 0 Å². The maximum atomic E-state index is 9.32. The van der Waals surface area contributed by atoms with Crippen LogP contribution < -0.4 is 16.0 Å². The molecule has 0 aliphatic heterocycles. The van der Waals surface area contributed by atoms with Crippen molar-refractivity contribution in [3.63, 3.8) is 0 Å². The number of aromatic nitrogens is 1. The number of hydrogen-bond donors (Lipinski definition) is 3. The van der Waals surface area contributed by atoms with Crippen molar-refractivity contribution in [3.8, 4) is 11.8 Å². The van der Waals surface area contributed by atoms with Crippen molar-refractivity contribution >= 4 is 29.3 Å². The number of ether oxygens (including phenoxy) is 1. The summed E-state index contributed by atoms with van der Waals surface area (Å²) in [7, 11) is 0.